The molecule has 0 unspecified atom stereocenters. The summed E-state index contributed by atoms with van der Waals surface area (Å²) >= 11 is 0. The minimum atomic E-state index is -0.0631. The van der Waals surface area contributed by atoms with Crippen molar-refractivity contribution in [2.75, 3.05) is 29.9 Å². The number of hydrogen-bond acceptors (Lipinski definition) is 3. The predicted octanol–water partition coefficient (Wildman–Crippen LogP) is 1.36. The molecule has 1 aliphatic rings. The maximum absolute atomic E-state index is 11.6. The molecule has 0 aromatic heterocycles. The number of likely N-dealkylation sites (N-methyl/N-ethyl adjacent to an activating group) is 1. The topological polar surface area (TPSA) is 61.4 Å². The first-order valence-electron chi connectivity index (χ1n) is 6.61. The summed E-state index contributed by atoms with van der Waals surface area (Å²) in [5.74, 6) is 0.107. The van der Waals surface area contributed by atoms with Gasteiger partial charge in [-0.05, 0) is 37.2 Å². The number of nitrogens with one attached hydrogen (secondary N) is 2. The Morgan fingerprint density at radius 3 is 2.63 bits per heavy atom. The van der Waals surface area contributed by atoms with Gasteiger partial charge in [0.15, 0.2) is 0 Å². The van der Waals surface area contributed by atoms with Crippen molar-refractivity contribution in [3.63, 3.8) is 0 Å². The van der Waals surface area contributed by atoms with Crippen LogP contribution in [0.3, 0.4) is 0 Å². The van der Waals surface area contributed by atoms with Crippen LogP contribution in [-0.2, 0) is 9.59 Å². The Morgan fingerprint density at radius 2 is 2.05 bits per heavy atom. The molecule has 1 heterocycles. The molecule has 0 atom stereocenters. The lowest BCUT2D eigenvalue weighted by molar-refractivity contribution is -0.117. The standard InChI is InChI=1S/C14H19N3O2/c1-2-15-10-13(18)16-11-5-7-12(8-6-11)17-9-3-4-14(17)19/h5-8,15H,2-4,9-10H2,1H3,(H,16,18). The molecule has 1 fully saturated rings. The van der Waals surface area contributed by atoms with Gasteiger partial charge in [-0.15, -0.1) is 0 Å². The molecule has 0 aliphatic carbocycles. The van der Waals surface area contributed by atoms with Gasteiger partial charge in [-0.1, -0.05) is 6.92 Å². The van der Waals surface area contributed by atoms with Gasteiger partial charge < -0.3 is 15.5 Å². The molecule has 2 amide bonds. The van der Waals surface area contributed by atoms with Crippen LogP contribution in [-0.4, -0.2) is 31.4 Å². The van der Waals surface area contributed by atoms with E-state index in [0.29, 0.717) is 13.0 Å². The summed E-state index contributed by atoms with van der Waals surface area (Å²) in [5, 5.41) is 5.77. The minimum Gasteiger partial charge on any atom is -0.325 e. The number of rotatable bonds is 5. The molecule has 5 heteroatoms. The van der Waals surface area contributed by atoms with Gasteiger partial charge >= 0.3 is 0 Å². The van der Waals surface area contributed by atoms with Crippen molar-refractivity contribution in [2.45, 2.75) is 19.8 Å². The van der Waals surface area contributed by atoms with Crippen LogP contribution in [0, 0.1) is 0 Å². The Labute approximate surface area is 113 Å². The first-order chi connectivity index (χ1) is 9.20. The number of carbonyl (C=O) groups is 2. The third-order valence-corrected chi connectivity index (χ3v) is 3.07. The van der Waals surface area contributed by atoms with E-state index in [0.717, 1.165) is 30.9 Å². The van der Waals surface area contributed by atoms with Crippen LogP contribution >= 0.6 is 0 Å². The molecule has 102 valence electrons. The zero-order chi connectivity index (χ0) is 13.7. The number of amides is 2. The minimum absolute atomic E-state index is 0.0631. The molecule has 2 N–H and O–H groups in total. The van der Waals surface area contributed by atoms with Crippen molar-refractivity contribution >= 4 is 23.2 Å². The van der Waals surface area contributed by atoms with Gasteiger partial charge in [0.1, 0.15) is 0 Å². The van der Waals surface area contributed by atoms with Crippen LogP contribution in [0.15, 0.2) is 24.3 Å². The van der Waals surface area contributed by atoms with Crippen LogP contribution < -0.4 is 15.5 Å². The van der Waals surface area contributed by atoms with E-state index in [2.05, 4.69) is 10.6 Å². The van der Waals surface area contributed by atoms with Gasteiger partial charge in [-0.3, -0.25) is 9.59 Å². The highest BCUT2D eigenvalue weighted by molar-refractivity contribution is 5.96. The third-order valence-electron chi connectivity index (χ3n) is 3.07. The molecular weight excluding hydrogens is 242 g/mol. The van der Waals surface area contributed by atoms with Gasteiger partial charge in [-0.2, -0.15) is 0 Å². The van der Waals surface area contributed by atoms with Crippen molar-refractivity contribution in [1.29, 1.82) is 0 Å². The molecule has 1 aliphatic heterocycles. The molecular formula is C14H19N3O2. The zero-order valence-corrected chi connectivity index (χ0v) is 11.1. The highest BCUT2D eigenvalue weighted by atomic mass is 16.2. The molecule has 1 aromatic carbocycles. The van der Waals surface area contributed by atoms with E-state index < -0.39 is 0 Å². The highest BCUT2D eigenvalue weighted by Gasteiger charge is 2.21. The molecule has 1 saturated heterocycles. The lowest BCUT2D eigenvalue weighted by atomic mass is 10.2. The van der Waals surface area contributed by atoms with Crippen LogP contribution in [0.1, 0.15) is 19.8 Å². The number of hydrogen-bond donors (Lipinski definition) is 2. The smallest absolute Gasteiger partial charge is 0.238 e. The summed E-state index contributed by atoms with van der Waals surface area (Å²) in [6.07, 6.45) is 1.54. The summed E-state index contributed by atoms with van der Waals surface area (Å²) < 4.78 is 0. The van der Waals surface area contributed by atoms with Crippen molar-refractivity contribution in [2.24, 2.45) is 0 Å². The highest BCUT2D eigenvalue weighted by Crippen LogP contribution is 2.22. The van der Waals surface area contributed by atoms with E-state index in [-0.39, 0.29) is 11.8 Å². The summed E-state index contributed by atoms with van der Waals surface area (Å²) in [6.45, 7) is 3.81. The fraction of sp³-hybridized carbons (Fsp3) is 0.429. The van der Waals surface area contributed by atoms with Crippen molar-refractivity contribution < 1.29 is 9.59 Å². The van der Waals surface area contributed by atoms with E-state index in [1.54, 1.807) is 4.90 Å². The van der Waals surface area contributed by atoms with E-state index in [4.69, 9.17) is 0 Å². The monoisotopic (exact) mass is 261 g/mol. The SMILES string of the molecule is CCNCC(=O)Nc1ccc(N2CCCC2=O)cc1. The quantitative estimate of drug-likeness (QED) is 0.841. The molecule has 19 heavy (non-hydrogen) atoms. The Hall–Kier alpha value is -1.88. The van der Waals surface area contributed by atoms with Crippen LogP contribution in [0.2, 0.25) is 0 Å². The Kier molecular flexibility index (Phi) is 4.52. The average Bonchev–Trinajstić information content (AvgIpc) is 2.83. The summed E-state index contributed by atoms with van der Waals surface area (Å²) in [5.41, 5.74) is 1.64. The average molecular weight is 261 g/mol. The lowest BCUT2D eigenvalue weighted by Crippen LogP contribution is -2.27. The van der Waals surface area contributed by atoms with E-state index in [9.17, 15) is 9.59 Å². The molecule has 0 bridgehead atoms. The lowest BCUT2D eigenvalue weighted by Gasteiger charge is -2.16. The second-order valence-electron chi connectivity index (χ2n) is 4.52. The second-order valence-corrected chi connectivity index (χ2v) is 4.52. The summed E-state index contributed by atoms with van der Waals surface area (Å²) in [4.78, 5) is 24.9. The van der Waals surface area contributed by atoms with Crippen molar-refractivity contribution in [3.05, 3.63) is 24.3 Å². The van der Waals surface area contributed by atoms with E-state index in [1.807, 2.05) is 31.2 Å². The van der Waals surface area contributed by atoms with Crippen molar-refractivity contribution in [3.8, 4) is 0 Å². The zero-order valence-electron chi connectivity index (χ0n) is 11.1. The second kappa shape index (κ2) is 6.33. The summed E-state index contributed by atoms with van der Waals surface area (Å²) in [6, 6.07) is 7.38. The molecule has 0 spiro atoms. The van der Waals surface area contributed by atoms with E-state index >= 15 is 0 Å². The van der Waals surface area contributed by atoms with Crippen LogP contribution in [0.5, 0.6) is 0 Å². The Morgan fingerprint density at radius 1 is 1.32 bits per heavy atom. The molecule has 0 radical (unpaired) electrons. The third kappa shape index (κ3) is 3.54. The van der Waals surface area contributed by atoms with Crippen LogP contribution in [0.4, 0.5) is 11.4 Å². The first-order valence-corrected chi connectivity index (χ1v) is 6.61. The Bertz CT molecular complexity index is 456. The number of nitrogens with zero attached hydrogens (tertiary/aromatic N) is 1. The Balaban J connectivity index is 1.94. The number of benzene rings is 1. The summed E-state index contributed by atoms with van der Waals surface area (Å²) in [7, 11) is 0. The van der Waals surface area contributed by atoms with Gasteiger partial charge in [-0.25, -0.2) is 0 Å². The molecule has 2 rings (SSSR count). The molecule has 0 saturated carbocycles. The predicted molar refractivity (Wildman–Crippen MR) is 75.2 cm³/mol. The maximum Gasteiger partial charge on any atom is 0.238 e. The van der Waals surface area contributed by atoms with Crippen molar-refractivity contribution in [1.82, 2.24) is 5.32 Å². The largest absolute Gasteiger partial charge is 0.325 e. The fourth-order valence-corrected chi connectivity index (χ4v) is 2.09. The normalized spacial score (nSPS) is 14.8. The van der Waals surface area contributed by atoms with Gasteiger partial charge in [0.05, 0.1) is 6.54 Å². The molecule has 5 nitrogen and oxygen atoms in total. The fourth-order valence-electron chi connectivity index (χ4n) is 2.09. The maximum atomic E-state index is 11.6. The van der Waals surface area contributed by atoms with Gasteiger partial charge in [0, 0.05) is 24.3 Å². The number of carbonyl (C=O) groups excluding carboxylic acids is 2. The number of anilines is 2. The van der Waals surface area contributed by atoms with Crippen LogP contribution in [0.25, 0.3) is 0 Å². The van der Waals surface area contributed by atoms with E-state index in [1.165, 1.54) is 0 Å². The molecule has 1 aromatic rings. The van der Waals surface area contributed by atoms with Gasteiger partial charge in [0.25, 0.3) is 0 Å². The first kappa shape index (κ1) is 13.5. The van der Waals surface area contributed by atoms with Gasteiger partial charge in [0.2, 0.25) is 11.8 Å².